The second-order valence-electron chi connectivity index (χ2n) is 3.78. The van der Waals surface area contributed by atoms with Crippen molar-refractivity contribution in [3.05, 3.63) is 12.2 Å². The number of carbonyl (C=O) groups is 1. The predicted octanol–water partition coefficient (Wildman–Crippen LogP) is 1.95. The molecule has 0 aromatic heterocycles. The van der Waals surface area contributed by atoms with Crippen LogP contribution in [0.2, 0.25) is 0 Å². The molecule has 1 aliphatic carbocycles. The standard InChI is InChI=1S/C10H16O2/c1-10(2,12-3)8-4-6-9(11)7-5-8/h4,6,8H,5,7H2,1-3H3. The second kappa shape index (κ2) is 3.40. The third-order valence-electron chi connectivity index (χ3n) is 2.64. The Morgan fingerprint density at radius 2 is 2.25 bits per heavy atom. The van der Waals surface area contributed by atoms with E-state index < -0.39 is 0 Å². The summed E-state index contributed by atoms with van der Waals surface area (Å²) in [4.78, 5) is 10.9. The van der Waals surface area contributed by atoms with E-state index in [2.05, 4.69) is 13.8 Å². The van der Waals surface area contributed by atoms with Crippen molar-refractivity contribution in [2.45, 2.75) is 32.3 Å². The number of rotatable bonds is 2. The molecule has 0 amide bonds. The summed E-state index contributed by atoms with van der Waals surface area (Å²) >= 11 is 0. The highest BCUT2D eigenvalue weighted by atomic mass is 16.5. The van der Waals surface area contributed by atoms with Crippen LogP contribution in [0.15, 0.2) is 12.2 Å². The third kappa shape index (κ3) is 1.95. The van der Waals surface area contributed by atoms with Gasteiger partial charge in [0.25, 0.3) is 0 Å². The van der Waals surface area contributed by atoms with E-state index in [1.807, 2.05) is 6.08 Å². The van der Waals surface area contributed by atoms with Gasteiger partial charge in [-0.1, -0.05) is 6.08 Å². The van der Waals surface area contributed by atoms with E-state index in [1.54, 1.807) is 13.2 Å². The minimum absolute atomic E-state index is 0.142. The van der Waals surface area contributed by atoms with Crippen molar-refractivity contribution in [2.24, 2.45) is 5.92 Å². The first kappa shape index (κ1) is 9.46. The molecule has 68 valence electrons. The lowest BCUT2D eigenvalue weighted by molar-refractivity contribution is -0.116. The van der Waals surface area contributed by atoms with Crippen LogP contribution in [0.25, 0.3) is 0 Å². The molecule has 0 saturated carbocycles. The van der Waals surface area contributed by atoms with Crippen molar-refractivity contribution in [3.8, 4) is 0 Å². The largest absolute Gasteiger partial charge is 0.378 e. The minimum Gasteiger partial charge on any atom is -0.378 e. The van der Waals surface area contributed by atoms with Crippen molar-refractivity contribution < 1.29 is 9.53 Å². The Morgan fingerprint density at radius 3 is 2.67 bits per heavy atom. The van der Waals surface area contributed by atoms with Crippen LogP contribution in [-0.4, -0.2) is 18.5 Å². The molecule has 0 bridgehead atoms. The highest BCUT2D eigenvalue weighted by Gasteiger charge is 2.29. The second-order valence-corrected chi connectivity index (χ2v) is 3.78. The molecule has 0 aromatic carbocycles. The summed E-state index contributed by atoms with van der Waals surface area (Å²) in [5.74, 6) is 0.610. The number of methoxy groups -OCH3 is 1. The lowest BCUT2D eigenvalue weighted by Crippen LogP contribution is -2.33. The minimum atomic E-state index is -0.142. The molecule has 12 heavy (non-hydrogen) atoms. The Balaban J connectivity index is 2.66. The Kier molecular flexibility index (Phi) is 2.68. The van der Waals surface area contributed by atoms with Gasteiger partial charge in [0.15, 0.2) is 5.78 Å². The summed E-state index contributed by atoms with van der Waals surface area (Å²) in [6, 6.07) is 0. The monoisotopic (exact) mass is 168 g/mol. The van der Waals surface area contributed by atoms with Crippen LogP contribution in [0.5, 0.6) is 0 Å². The molecular formula is C10H16O2. The first-order valence-corrected chi connectivity index (χ1v) is 4.32. The fourth-order valence-corrected chi connectivity index (χ4v) is 1.43. The van der Waals surface area contributed by atoms with Crippen molar-refractivity contribution in [3.63, 3.8) is 0 Å². The number of carbonyl (C=O) groups excluding carboxylic acids is 1. The van der Waals surface area contributed by atoms with E-state index in [-0.39, 0.29) is 11.4 Å². The smallest absolute Gasteiger partial charge is 0.155 e. The molecule has 0 saturated heterocycles. The van der Waals surface area contributed by atoms with Gasteiger partial charge in [0.1, 0.15) is 0 Å². The number of allylic oxidation sites excluding steroid dienone is 1. The molecular weight excluding hydrogens is 152 g/mol. The lowest BCUT2D eigenvalue weighted by atomic mass is 9.83. The molecule has 0 aromatic rings. The van der Waals surface area contributed by atoms with Crippen LogP contribution in [0.1, 0.15) is 26.7 Å². The van der Waals surface area contributed by atoms with Gasteiger partial charge in [0, 0.05) is 19.4 Å². The number of hydrogen-bond donors (Lipinski definition) is 0. The Labute approximate surface area is 73.6 Å². The predicted molar refractivity (Wildman–Crippen MR) is 48.0 cm³/mol. The van der Waals surface area contributed by atoms with Crippen LogP contribution in [0.3, 0.4) is 0 Å². The van der Waals surface area contributed by atoms with Gasteiger partial charge in [0.05, 0.1) is 5.60 Å². The van der Waals surface area contributed by atoms with Crippen LogP contribution < -0.4 is 0 Å². The van der Waals surface area contributed by atoms with Crippen LogP contribution in [0.4, 0.5) is 0 Å². The van der Waals surface area contributed by atoms with Gasteiger partial charge < -0.3 is 4.74 Å². The van der Waals surface area contributed by atoms with Gasteiger partial charge in [-0.2, -0.15) is 0 Å². The van der Waals surface area contributed by atoms with E-state index in [9.17, 15) is 4.79 Å². The van der Waals surface area contributed by atoms with Gasteiger partial charge in [-0.25, -0.2) is 0 Å². The SMILES string of the molecule is COC(C)(C)C1C=CC(=O)CC1. The molecule has 0 spiro atoms. The van der Waals surface area contributed by atoms with Crippen LogP contribution >= 0.6 is 0 Å². The van der Waals surface area contributed by atoms with Gasteiger partial charge >= 0.3 is 0 Å². The van der Waals surface area contributed by atoms with Crippen LogP contribution in [-0.2, 0) is 9.53 Å². The molecule has 2 heteroatoms. The van der Waals surface area contributed by atoms with E-state index in [0.29, 0.717) is 12.3 Å². The highest BCUT2D eigenvalue weighted by Crippen LogP contribution is 2.28. The normalized spacial score (nSPS) is 24.6. The van der Waals surface area contributed by atoms with Crippen molar-refractivity contribution >= 4 is 5.78 Å². The quantitative estimate of drug-likeness (QED) is 0.630. The number of hydrogen-bond acceptors (Lipinski definition) is 2. The van der Waals surface area contributed by atoms with Gasteiger partial charge in [-0.05, 0) is 26.3 Å². The summed E-state index contributed by atoms with van der Waals surface area (Å²) in [6.45, 7) is 4.11. The van der Waals surface area contributed by atoms with E-state index in [1.165, 1.54) is 0 Å². The zero-order chi connectivity index (χ0) is 9.19. The highest BCUT2D eigenvalue weighted by molar-refractivity contribution is 5.90. The maximum absolute atomic E-state index is 10.9. The summed E-state index contributed by atoms with van der Waals surface area (Å²) in [5, 5.41) is 0. The molecule has 1 aliphatic rings. The van der Waals surface area contributed by atoms with E-state index in [0.717, 1.165) is 6.42 Å². The molecule has 2 nitrogen and oxygen atoms in total. The van der Waals surface area contributed by atoms with Gasteiger partial charge in [-0.15, -0.1) is 0 Å². The summed E-state index contributed by atoms with van der Waals surface area (Å²) in [5.41, 5.74) is -0.142. The van der Waals surface area contributed by atoms with Crippen molar-refractivity contribution in [1.82, 2.24) is 0 Å². The van der Waals surface area contributed by atoms with E-state index >= 15 is 0 Å². The average Bonchev–Trinajstić information content (AvgIpc) is 2.05. The van der Waals surface area contributed by atoms with Crippen molar-refractivity contribution in [2.75, 3.05) is 7.11 Å². The molecule has 1 atom stereocenters. The maximum atomic E-state index is 10.9. The molecule has 0 radical (unpaired) electrons. The van der Waals surface area contributed by atoms with Gasteiger partial charge in [-0.3, -0.25) is 4.79 Å². The zero-order valence-electron chi connectivity index (χ0n) is 7.96. The fourth-order valence-electron chi connectivity index (χ4n) is 1.43. The molecule has 0 heterocycles. The van der Waals surface area contributed by atoms with Crippen LogP contribution in [0, 0.1) is 5.92 Å². The Bertz CT molecular complexity index is 204. The Morgan fingerprint density at radius 1 is 1.58 bits per heavy atom. The van der Waals surface area contributed by atoms with E-state index in [4.69, 9.17) is 4.74 Å². The first-order valence-electron chi connectivity index (χ1n) is 4.32. The first-order chi connectivity index (χ1) is 5.56. The third-order valence-corrected chi connectivity index (χ3v) is 2.64. The Hall–Kier alpha value is -0.630. The van der Waals surface area contributed by atoms with Crippen molar-refractivity contribution in [1.29, 1.82) is 0 Å². The fraction of sp³-hybridized carbons (Fsp3) is 0.700. The zero-order valence-corrected chi connectivity index (χ0v) is 7.96. The summed E-state index contributed by atoms with van der Waals surface area (Å²) in [6.07, 6.45) is 5.22. The summed E-state index contributed by atoms with van der Waals surface area (Å²) < 4.78 is 5.35. The molecule has 0 fully saturated rings. The number of ketones is 1. The summed E-state index contributed by atoms with van der Waals surface area (Å²) in [7, 11) is 1.71. The average molecular weight is 168 g/mol. The topological polar surface area (TPSA) is 26.3 Å². The maximum Gasteiger partial charge on any atom is 0.155 e. The van der Waals surface area contributed by atoms with Gasteiger partial charge in [0.2, 0.25) is 0 Å². The molecule has 1 rings (SSSR count). The number of ether oxygens (including phenoxy) is 1. The molecule has 0 N–H and O–H groups in total. The molecule has 1 unspecified atom stereocenters. The lowest BCUT2D eigenvalue weighted by Gasteiger charge is -2.32. The molecule has 0 aliphatic heterocycles.